The number of nitro benzene ring substituents is 1. The number of aliphatic hydroxyl groups is 1. The van der Waals surface area contributed by atoms with Gasteiger partial charge in [-0.05, 0) is 6.07 Å². The summed E-state index contributed by atoms with van der Waals surface area (Å²) in [7, 11) is -3.97. The molecule has 0 radical (unpaired) electrons. The number of aliphatic hydroxyl groups excluding tert-OH is 1. The Labute approximate surface area is 109 Å². The fourth-order valence-corrected chi connectivity index (χ4v) is 2.96. The minimum atomic E-state index is -3.97. The molecule has 0 spiro atoms. The Balaban J connectivity index is 3.22. The average molecular weight is 292 g/mol. The van der Waals surface area contributed by atoms with E-state index in [0.717, 1.165) is 16.4 Å². The first-order chi connectivity index (χ1) is 8.84. The Bertz CT molecular complexity index is 575. The highest BCUT2D eigenvalue weighted by atomic mass is 32.2. The Kier molecular flexibility index (Phi) is 4.92. The van der Waals surface area contributed by atoms with Gasteiger partial charge in [0.2, 0.25) is 15.8 Å². The van der Waals surface area contributed by atoms with E-state index in [4.69, 9.17) is 5.11 Å². The van der Waals surface area contributed by atoms with Crippen LogP contribution in [-0.2, 0) is 10.0 Å². The van der Waals surface area contributed by atoms with Crippen molar-refractivity contribution in [3.8, 4) is 0 Å². The highest BCUT2D eigenvalue weighted by Gasteiger charge is 2.25. The second-order valence-electron chi connectivity index (χ2n) is 3.59. The van der Waals surface area contributed by atoms with Crippen LogP contribution in [0.5, 0.6) is 0 Å². The van der Waals surface area contributed by atoms with Gasteiger partial charge in [-0.2, -0.15) is 8.70 Å². The topological polar surface area (TPSA) is 101 Å². The summed E-state index contributed by atoms with van der Waals surface area (Å²) in [5, 5.41) is 19.2. The molecule has 7 nitrogen and oxygen atoms in total. The second-order valence-corrected chi connectivity index (χ2v) is 5.53. The molecule has 0 amide bonds. The maximum absolute atomic E-state index is 13.4. The monoisotopic (exact) mass is 292 g/mol. The molecule has 106 valence electrons. The molecule has 0 aliphatic heterocycles. The van der Waals surface area contributed by atoms with Gasteiger partial charge < -0.3 is 5.11 Å². The summed E-state index contributed by atoms with van der Waals surface area (Å²) in [6.45, 7) is 1.16. The molecule has 19 heavy (non-hydrogen) atoms. The third-order valence-electron chi connectivity index (χ3n) is 2.46. The number of sulfonamides is 1. The summed E-state index contributed by atoms with van der Waals surface area (Å²) in [4.78, 5) is 9.13. The van der Waals surface area contributed by atoms with E-state index >= 15 is 0 Å². The molecule has 1 N–H and O–H groups in total. The van der Waals surface area contributed by atoms with Crippen LogP contribution in [0.2, 0.25) is 0 Å². The number of nitrogens with zero attached hydrogens (tertiary/aromatic N) is 2. The van der Waals surface area contributed by atoms with E-state index in [2.05, 4.69) is 0 Å². The third-order valence-corrected chi connectivity index (χ3v) is 4.43. The molecule has 0 aliphatic rings. The quantitative estimate of drug-likeness (QED) is 0.615. The zero-order chi connectivity index (χ0) is 14.6. The molecule has 1 aromatic rings. The predicted molar refractivity (Wildman–Crippen MR) is 64.6 cm³/mol. The summed E-state index contributed by atoms with van der Waals surface area (Å²) < 4.78 is 38.5. The molecule has 0 aliphatic carbocycles. The molecule has 0 fully saturated rings. The standard InChI is InChI=1S/C10H13FN2O5S/c1-2-12(5-6-14)19(17,18)8-3-4-10(13(15)16)9(11)7-8/h3-4,7,14H,2,5-6H2,1H3. The van der Waals surface area contributed by atoms with Gasteiger partial charge in [-0.1, -0.05) is 6.92 Å². The first kappa shape index (κ1) is 15.5. The zero-order valence-electron chi connectivity index (χ0n) is 10.1. The van der Waals surface area contributed by atoms with E-state index in [9.17, 15) is 22.9 Å². The summed E-state index contributed by atoms with van der Waals surface area (Å²) in [6.07, 6.45) is 0. The zero-order valence-corrected chi connectivity index (χ0v) is 10.9. The normalized spacial score (nSPS) is 11.8. The first-order valence-corrected chi connectivity index (χ1v) is 6.83. The van der Waals surface area contributed by atoms with Gasteiger partial charge in [0, 0.05) is 25.2 Å². The maximum atomic E-state index is 13.4. The van der Waals surface area contributed by atoms with Crippen LogP contribution in [0, 0.1) is 15.9 Å². The van der Waals surface area contributed by atoms with Gasteiger partial charge in [-0.3, -0.25) is 10.1 Å². The predicted octanol–water partition coefficient (Wildman–Crippen LogP) is 0.737. The minimum Gasteiger partial charge on any atom is -0.395 e. The summed E-state index contributed by atoms with van der Waals surface area (Å²) in [6, 6.07) is 2.37. The van der Waals surface area contributed by atoms with Crippen LogP contribution in [0.1, 0.15) is 6.92 Å². The second kappa shape index (κ2) is 6.04. The van der Waals surface area contributed by atoms with E-state index in [1.165, 1.54) is 0 Å². The molecule has 0 aromatic heterocycles. The number of nitro groups is 1. The lowest BCUT2D eigenvalue weighted by atomic mass is 10.3. The van der Waals surface area contributed by atoms with Gasteiger partial charge in [-0.15, -0.1) is 0 Å². The van der Waals surface area contributed by atoms with Crippen molar-refractivity contribution >= 4 is 15.7 Å². The molecule has 0 saturated carbocycles. The van der Waals surface area contributed by atoms with Crippen molar-refractivity contribution in [2.75, 3.05) is 19.7 Å². The van der Waals surface area contributed by atoms with E-state index in [0.29, 0.717) is 6.07 Å². The Morgan fingerprint density at radius 2 is 2.11 bits per heavy atom. The minimum absolute atomic E-state index is 0.0987. The van der Waals surface area contributed by atoms with Crippen LogP contribution in [0.4, 0.5) is 10.1 Å². The fraction of sp³-hybridized carbons (Fsp3) is 0.400. The smallest absolute Gasteiger partial charge is 0.304 e. The number of hydrogen-bond acceptors (Lipinski definition) is 5. The maximum Gasteiger partial charge on any atom is 0.304 e. The summed E-state index contributed by atoms with van der Waals surface area (Å²) in [5.41, 5.74) is -0.788. The SMILES string of the molecule is CCN(CCO)S(=O)(=O)c1ccc([N+](=O)[O-])c(F)c1. The number of likely N-dealkylation sites (N-methyl/N-ethyl adjacent to an activating group) is 1. The van der Waals surface area contributed by atoms with Gasteiger partial charge in [-0.25, -0.2) is 8.42 Å². The largest absolute Gasteiger partial charge is 0.395 e. The van der Waals surface area contributed by atoms with Crippen LogP contribution in [0.15, 0.2) is 23.1 Å². The first-order valence-electron chi connectivity index (χ1n) is 5.39. The molecule has 0 atom stereocenters. The molecule has 0 saturated heterocycles. The Morgan fingerprint density at radius 3 is 2.53 bits per heavy atom. The van der Waals surface area contributed by atoms with Gasteiger partial charge >= 0.3 is 5.69 Å². The lowest BCUT2D eigenvalue weighted by Crippen LogP contribution is -2.33. The van der Waals surface area contributed by atoms with Crippen molar-refractivity contribution in [1.29, 1.82) is 0 Å². The highest BCUT2D eigenvalue weighted by Crippen LogP contribution is 2.22. The van der Waals surface area contributed by atoms with E-state index < -0.39 is 26.5 Å². The van der Waals surface area contributed by atoms with E-state index in [1.54, 1.807) is 6.92 Å². The van der Waals surface area contributed by atoms with Crippen LogP contribution < -0.4 is 0 Å². The lowest BCUT2D eigenvalue weighted by Gasteiger charge is -2.19. The molecular weight excluding hydrogens is 279 g/mol. The van der Waals surface area contributed by atoms with Crippen LogP contribution in [-0.4, -0.2) is 42.4 Å². The molecule has 1 aromatic carbocycles. The van der Waals surface area contributed by atoms with Crippen molar-refractivity contribution in [2.45, 2.75) is 11.8 Å². The molecule has 9 heteroatoms. The Morgan fingerprint density at radius 1 is 1.47 bits per heavy atom. The van der Waals surface area contributed by atoms with Crippen LogP contribution >= 0.6 is 0 Å². The van der Waals surface area contributed by atoms with E-state index in [1.807, 2.05) is 0 Å². The van der Waals surface area contributed by atoms with Crippen molar-refractivity contribution in [2.24, 2.45) is 0 Å². The number of halogens is 1. The fourth-order valence-electron chi connectivity index (χ4n) is 1.51. The van der Waals surface area contributed by atoms with E-state index in [-0.39, 0.29) is 24.6 Å². The third kappa shape index (κ3) is 3.25. The van der Waals surface area contributed by atoms with Crippen molar-refractivity contribution < 1.29 is 22.8 Å². The summed E-state index contributed by atoms with van der Waals surface area (Å²) in [5.74, 6) is -1.22. The molecular formula is C10H13FN2O5S. The number of hydrogen-bond donors (Lipinski definition) is 1. The number of rotatable bonds is 6. The van der Waals surface area contributed by atoms with Gasteiger partial charge in [0.05, 0.1) is 16.4 Å². The van der Waals surface area contributed by atoms with Gasteiger partial charge in [0.1, 0.15) is 0 Å². The highest BCUT2D eigenvalue weighted by molar-refractivity contribution is 7.89. The summed E-state index contributed by atoms with van der Waals surface area (Å²) >= 11 is 0. The lowest BCUT2D eigenvalue weighted by molar-refractivity contribution is -0.387. The van der Waals surface area contributed by atoms with Crippen LogP contribution in [0.3, 0.4) is 0 Å². The van der Waals surface area contributed by atoms with Crippen molar-refractivity contribution in [3.63, 3.8) is 0 Å². The van der Waals surface area contributed by atoms with Crippen molar-refractivity contribution in [1.82, 2.24) is 4.31 Å². The average Bonchev–Trinajstić information content (AvgIpc) is 2.34. The molecule has 1 rings (SSSR count). The molecule has 0 heterocycles. The molecule has 0 unspecified atom stereocenters. The van der Waals surface area contributed by atoms with Crippen LogP contribution in [0.25, 0.3) is 0 Å². The Hall–Kier alpha value is -1.58. The van der Waals surface area contributed by atoms with Gasteiger partial charge in [0.15, 0.2) is 0 Å². The number of benzene rings is 1. The van der Waals surface area contributed by atoms with Gasteiger partial charge in [0.25, 0.3) is 0 Å². The van der Waals surface area contributed by atoms with Crippen molar-refractivity contribution in [3.05, 3.63) is 34.1 Å². The molecule has 0 bridgehead atoms.